The lowest BCUT2D eigenvalue weighted by atomic mass is 10.1. The van der Waals surface area contributed by atoms with E-state index in [1.165, 1.54) is 173 Å². The second kappa shape index (κ2) is 48.9. The van der Waals surface area contributed by atoms with E-state index in [1.807, 2.05) is 0 Å². The zero-order valence-corrected chi connectivity index (χ0v) is 46.7. The van der Waals surface area contributed by atoms with Crippen LogP contribution in [0.1, 0.15) is 233 Å². The van der Waals surface area contributed by atoms with Crippen LogP contribution >= 0.6 is 0 Å². The van der Waals surface area contributed by atoms with Crippen LogP contribution in [-0.2, 0) is 17.7 Å². The highest BCUT2D eigenvalue weighted by Gasteiger charge is 2.31. The monoisotopic (exact) mass is 935 g/mol. The molecule has 64 heavy (non-hydrogen) atoms. The molecule has 6 nitrogen and oxygen atoms in total. The molecule has 0 spiro atoms. The predicted octanol–water partition coefficient (Wildman–Crippen LogP) is 17.3. The summed E-state index contributed by atoms with van der Waals surface area (Å²) in [6.45, 7) is 21.7. The molecule has 0 saturated carbocycles. The summed E-state index contributed by atoms with van der Waals surface area (Å²) < 4.78 is 26.6. The quantitative estimate of drug-likeness (QED) is 0.0344. The Morgan fingerprint density at radius 3 is 0.969 bits per heavy atom. The summed E-state index contributed by atoms with van der Waals surface area (Å²) in [5.74, 6) is 0. The van der Waals surface area contributed by atoms with Crippen LogP contribution in [-0.4, -0.2) is 93.6 Å². The molecule has 0 fully saturated rings. The van der Waals surface area contributed by atoms with E-state index >= 15 is 0 Å². The minimum atomic E-state index is -2.17. The Kier molecular flexibility index (Phi) is 48.4. The lowest BCUT2D eigenvalue weighted by Gasteiger charge is -2.28. The normalized spacial score (nSPS) is 14.3. The number of unbranched alkanes of at least 4 members (excludes halogenated alkanes) is 23. The molecular formula is C56H114N2O4Si2. The maximum Gasteiger partial charge on any atom is 0.334 e. The van der Waals surface area contributed by atoms with Gasteiger partial charge in [0.05, 0.1) is 0 Å². The van der Waals surface area contributed by atoms with Crippen LogP contribution in [0.2, 0.25) is 25.2 Å². The van der Waals surface area contributed by atoms with Crippen molar-refractivity contribution in [2.24, 2.45) is 0 Å². The van der Waals surface area contributed by atoms with Crippen molar-refractivity contribution >= 4 is 17.1 Å². The summed E-state index contributed by atoms with van der Waals surface area (Å²) in [6.07, 6.45) is 54.5. The van der Waals surface area contributed by atoms with Crippen LogP contribution in [0.25, 0.3) is 0 Å². The van der Waals surface area contributed by atoms with E-state index < -0.39 is 17.1 Å². The van der Waals surface area contributed by atoms with Gasteiger partial charge in [0.2, 0.25) is 0 Å². The molecule has 2 unspecified atom stereocenters. The van der Waals surface area contributed by atoms with Gasteiger partial charge in [0.15, 0.2) is 0 Å². The van der Waals surface area contributed by atoms with Crippen molar-refractivity contribution in [3.8, 4) is 0 Å². The van der Waals surface area contributed by atoms with E-state index in [9.17, 15) is 0 Å². The summed E-state index contributed by atoms with van der Waals surface area (Å²) in [7, 11) is 0.264. The molecule has 0 aliphatic carbocycles. The van der Waals surface area contributed by atoms with Crippen LogP contribution in [0.3, 0.4) is 0 Å². The largest absolute Gasteiger partial charge is 0.394 e. The highest BCUT2D eigenvalue weighted by Crippen LogP contribution is 2.22. The van der Waals surface area contributed by atoms with Crippen molar-refractivity contribution < 1.29 is 17.7 Å². The molecule has 0 amide bonds. The van der Waals surface area contributed by atoms with E-state index in [4.69, 9.17) is 17.7 Å². The van der Waals surface area contributed by atoms with Gasteiger partial charge in [-0.25, -0.2) is 0 Å². The second-order valence-corrected chi connectivity index (χ2v) is 26.4. The van der Waals surface area contributed by atoms with E-state index in [-0.39, 0.29) is 0 Å². The predicted molar refractivity (Wildman–Crippen MR) is 290 cm³/mol. The van der Waals surface area contributed by atoms with Gasteiger partial charge in [-0.1, -0.05) is 167 Å². The number of likely N-dealkylation sites (N-methyl/N-ethyl adjacent to an activating group) is 2. The van der Waals surface area contributed by atoms with Gasteiger partial charge >= 0.3 is 17.1 Å². The Bertz CT molecular complexity index is 1030. The van der Waals surface area contributed by atoms with Gasteiger partial charge in [0.1, 0.15) is 0 Å². The fourth-order valence-corrected chi connectivity index (χ4v) is 13.0. The lowest BCUT2D eigenvalue weighted by Crippen LogP contribution is -2.39. The molecule has 0 rings (SSSR count). The van der Waals surface area contributed by atoms with Gasteiger partial charge in [0, 0.05) is 39.5 Å². The molecule has 0 aromatic rings. The van der Waals surface area contributed by atoms with Gasteiger partial charge in [-0.05, 0) is 155 Å². The molecule has 0 heterocycles. The van der Waals surface area contributed by atoms with Gasteiger partial charge < -0.3 is 27.5 Å². The summed E-state index contributed by atoms with van der Waals surface area (Å²) >= 11 is 0. The number of hydrogen-bond donors (Lipinski definition) is 0. The topological polar surface area (TPSA) is 43.4 Å². The maximum atomic E-state index is 6.66. The van der Waals surface area contributed by atoms with Crippen LogP contribution < -0.4 is 0 Å². The first-order chi connectivity index (χ1) is 31.2. The number of hydrogen-bond acceptors (Lipinski definition) is 6. The molecule has 380 valence electrons. The molecule has 0 bridgehead atoms. The number of nitrogens with zero attached hydrogens (tertiary/aromatic N) is 2. The Labute approximate surface area is 404 Å². The molecule has 0 aliphatic heterocycles. The molecule has 0 radical (unpaired) electrons. The van der Waals surface area contributed by atoms with Crippen molar-refractivity contribution in [3.63, 3.8) is 0 Å². The van der Waals surface area contributed by atoms with Crippen molar-refractivity contribution in [1.82, 2.24) is 9.80 Å². The van der Waals surface area contributed by atoms with E-state index in [2.05, 4.69) is 101 Å². The van der Waals surface area contributed by atoms with Gasteiger partial charge in [-0.2, -0.15) is 0 Å². The molecule has 0 aliphatic rings. The third-order valence-electron chi connectivity index (χ3n) is 12.8. The molecule has 0 saturated heterocycles. The van der Waals surface area contributed by atoms with Crippen LogP contribution in [0.15, 0.2) is 36.5 Å². The maximum absolute atomic E-state index is 6.66. The molecule has 8 heteroatoms. The second-order valence-electron chi connectivity index (χ2n) is 19.7. The minimum absolute atomic E-state index is 0.832. The van der Waals surface area contributed by atoms with Crippen molar-refractivity contribution in [1.29, 1.82) is 0 Å². The fraction of sp³-hybridized carbons (Fsp3) is 0.893. The smallest absolute Gasteiger partial charge is 0.334 e. The average molecular weight is 936 g/mol. The third kappa shape index (κ3) is 45.2. The molecule has 2 atom stereocenters. The first kappa shape index (κ1) is 63.4. The molecule has 0 aromatic heterocycles. The fourth-order valence-electron chi connectivity index (χ4n) is 8.17. The Balaban J connectivity index is 4.62. The van der Waals surface area contributed by atoms with Gasteiger partial charge in [-0.15, -0.1) is 0 Å². The van der Waals surface area contributed by atoms with E-state index in [1.54, 1.807) is 0 Å². The summed E-state index contributed by atoms with van der Waals surface area (Å²) in [5, 5.41) is 0. The summed E-state index contributed by atoms with van der Waals surface area (Å²) in [6, 6.07) is 2.22. The van der Waals surface area contributed by atoms with Crippen LogP contribution in [0.4, 0.5) is 0 Å². The third-order valence-corrected chi connectivity index (χ3v) is 18.6. The zero-order chi connectivity index (χ0) is 46.9. The minimum Gasteiger partial charge on any atom is -0.394 e. The number of rotatable bonds is 52. The van der Waals surface area contributed by atoms with Crippen molar-refractivity contribution in [3.05, 3.63) is 36.5 Å². The zero-order valence-electron chi connectivity index (χ0n) is 44.7. The highest BCUT2D eigenvalue weighted by atomic mass is 28.4. The molecular weight excluding hydrogens is 821 g/mol. The van der Waals surface area contributed by atoms with Crippen molar-refractivity contribution in [2.45, 2.75) is 258 Å². The van der Waals surface area contributed by atoms with Gasteiger partial charge in [-0.3, -0.25) is 0 Å². The SMILES string of the molecule is CCCCC/C=C\CCCCO[Si](C)(CCCCCN(C)CCN(C)CCCC[Si](C)(OCCC/C=C\CCCCC)OCCCCCCCCCC)OCCC/C=C\CCCCC. The van der Waals surface area contributed by atoms with Crippen LogP contribution in [0.5, 0.6) is 0 Å². The first-order valence-electron chi connectivity index (χ1n) is 28.1. The van der Waals surface area contributed by atoms with Gasteiger partial charge in [0.25, 0.3) is 0 Å². The summed E-state index contributed by atoms with van der Waals surface area (Å²) in [5.41, 5.74) is 0. The van der Waals surface area contributed by atoms with Crippen molar-refractivity contribution in [2.75, 3.05) is 66.7 Å². The Morgan fingerprint density at radius 1 is 0.297 bits per heavy atom. The Morgan fingerprint density at radius 2 is 0.562 bits per heavy atom. The molecule has 0 aromatic carbocycles. The molecule has 0 N–H and O–H groups in total. The first-order valence-corrected chi connectivity index (χ1v) is 33.2. The van der Waals surface area contributed by atoms with E-state index in [0.29, 0.717) is 0 Å². The lowest BCUT2D eigenvalue weighted by molar-refractivity contribution is 0.167. The van der Waals surface area contributed by atoms with E-state index in [0.717, 1.165) is 96.8 Å². The summed E-state index contributed by atoms with van der Waals surface area (Å²) in [4.78, 5) is 5.06. The van der Waals surface area contributed by atoms with Crippen LogP contribution in [0, 0.1) is 0 Å². The Hall–Kier alpha value is -0.586. The highest BCUT2D eigenvalue weighted by molar-refractivity contribution is 6.66. The average Bonchev–Trinajstić information content (AvgIpc) is 3.28. The number of allylic oxidation sites excluding steroid dienone is 6. The standard InChI is InChI=1S/C56H114N2O4Si2/c1-9-13-17-21-25-29-33-37-44-52-60-63(7,59-51-41-34-30-26-22-18-14-10-2)55-45-38-39-47-57(5)49-50-58(6)48-40-46-56-64(8,61-53-42-35-31-27-23-19-15-11-3)62-54-43-36-32-28-24-20-16-12-4/h25-27,29-31H,9-24,28,32-56H2,1-8H3/b29-25-,30-26-,31-27-.